The summed E-state index contributed by atoms with van der Waals surface area (Å²) in [6.45, 7) is 6.53. The number of carboxylic acids is 1. The molecule has 90 valence electrons. The smallest absolute Gasteiger partial charge is 0.334 e. The van der Waals surface area contributed by atoms with E-state index in [1.165, 1.54) is 0 Å². The summed E-state index contributed by atoms with van der Waals surface area (Å²) >= 11 is 0. The molecule has 15 heavy (non-hydrogen) atoms. The van der Waals surface area contributed by atoms with E-state index in [-0.39, 0.29) is 0 Å². The predicted molar refractivity (Wildman–Crippen MR) is 57.0 cm³/mol. The summed E-state index contributed by atoms with van der Waals surface area (Å²) in [6, 6.07) is 0. The predicted octanol–water partition coefficient (Wildman–Crippen LogP) is 0.444. The Labute approximate surface area is 91.0 Å². The topological polar surface area (TPSA) is 59.0 Å². The van der Waals surface area contributed by atoms with Gasteiger partial charge < -0.3 is 19.5 Å². The quantitative estimate of drug-likeness (QED) is 0.570. The Balaban J connectivity index is 3.78. The molecule has 0 fully saturated rings. The standard InChI is InChI=1S/C10H21NO4/c1-4-14-7-6-11(3)8-9(10(12)13)15-5-2/h9H,4-8H2,1-3H3,(H,12,13). The second kappa shape index (κ2) is 8.64. The molecule has 0 aromatic carbocycles. The summed E-state index contributed by atoms with van der Waals surface area (Å²) in [5, 5.41) is 8.84. The second-order valence-corrected chi connectivity index (χ2v) is 3.24. The number of aliphatic carboxylic acids is 1. The lowest BCUT2D eigenvalue weighted by molar-refractivity contribution is -0.151. The molecular weight excluding hydrogens is 198 g/mol. The van der Waals surface area contributed by atoms with Crippen LogP contribution >= 0.6 is 0 Å². The third-order valence-corrected chi connectivity index (χ3v) is 1.94. The number of carboxylic acid groups (broad SMARTS) is 1. The van der Waals surface area contributed by atoms with Crippen molar-refractivity contribution >= 4 is 5.97 Å². The van der Waals surface area contributed by atoms with Gasteiger partial charge in [-0.2, -0.15) is 0 Å². The molecule has 0 aromatic rings. The molecule has 0 heterocycles. The molecule has 0 aliphatic rings. The van der Waals surface area contributed by atoms with Gasteiger partial charge in [0.15, 0.2) is 6.10 Å². The Bertz CT molecular complexity index is 175. The fourth-order valence-corrected chi connectivity index (χ4v) is 1.14. The third kappa shape index (κ3) is 7.30. The van der Waals surface area contributed by atoms with Crippen molar-refractivity contribution in [2.24, 2.45) is 0 Å². The first-order valence-electron chi connectivity index (χ1n) is 5.22. The van der Waals surface area contributed by atoms with Crippen LogP contribution in [0.5, 0.6) is 0 Å². The van der Waals surface area contributed by atoms with E-state index in [0.29, 0.717) is 32.9 Å². The molecule has 0 rings (SSSR count). The van der Waals surface area contributed by atoms with Crippen molar-refractivity contribution in [2.45, 2.75) is 20.0 Å². The highest BCUT2D eigenvalue weighted by atomic mass is 16.5. The first-order valence-corrected chi connectivity index (χ1v) is 5.22. The number of carbonyl (C=O) groups is 1. The van der Waals surface area contributed by atoms with Gasteiger partial charge in [-0.3, -0.25) is 0 Å². The molecule has 0 aliphatic carbocycles. The van der Waals surface area contributed by atoms with Crippen molar-refractivity contribution in [1.82, 2.24) is 4.90 Å². The van der Waals surface area contributed by atoms with Gasteiger partial charge in [0.05, 0.1) is 6.61 Å². The minimum atomic E-state index is -0.917. The Kier molecular flexibility index (Phi) is 8.27. The first kappa shape index (κ1) is 14.3. The van der Waals surface area contributed by atoms with E-state index in [0.717, 1.165) is 0 Å². The molecule has 1 unspecified atom stereocenters. The van der Waals surface area contributed by atoms with Gasteiger partial charge in [0.25, 0.3) is 0 Å². The van der Waals surface area contributed by atoms with E-state index < -0.39 is 12.1 Å². The zero-order valence-electron chi connectivity index (χ0n) is 9.73. The molecule has 0 saturated carbocycles. The lowest BCUT2D eigenvalue weighted by atomic mass is 10.3. The maximum Gasteiger partial charge on any atom is 0.334 e. The molecule has 5 heteroatoms. The molecule has 1 N–H and O–H groups in total. The van der Waals surface area contributed by atoms with Crippen molar-refractivity contribution in [1.29, 1.82) is 0 Å². The number of nitrogens with zero attached hydrogens (tertiary/aromatic N) is 1. The molecule has 1 atom stereocenters. The van der Waals surface area contributed by atoms with Crippen LogP contribution < -0.4 is 0 Å². The summed E-state index contributed by atoms with van der Waals surface area (Å²) in [4.78, 5) is 12.7. The number of ether oxygens (including phenoxy) is 2. The lowest BCUT2D eigenvalue weighted by Gasteiger charge is -2.20. The van der Waals surface area contributed by atoms with Crippen LogP contribution in [0.3, 0.4) is 0 Å². The second-order valence-electron chi connectivity index (χ2n) is 3.24. The van der Waals surface area contributed by atoms with E-state index >= 15 is 0 Å². The summed E-state index contributed by atoms with van der Waals surface area (Å²) in [5.74, 6) is -0.917. The van der Waals surface area contributed by atoms with Crippen LogP contribution in [-0.2, 0) is 14.3 Å². The van der Waals surface area contributed by atoms with Crippen molar-refractivity contribution in [3.8, 4) is 0 Å². The largest absolute Gasteiger partial charge is 0.479 e. The van der Waals surface area contributed by atoms with Gasteiger partial charge in [-0.05, 0) is 20.9 Å². The lowest BCUT2D eigenvalue weighted by Crippen LogP contribution is -2.38. The number of likely N-dealkylation sites (N-methyl/N-ethyl adjacent to an activating group) is 1. The van der Waals surface area contributed by atoms with Gasteiger partial charge >= 0.3 is 5.97 Å². The SMILES string of the molecule is CCOCCN(C)CC(OCC)C(=O)O. The molecule has 0 amide bonds. The van der Waals surface area contributed by atoms with Gasteiger partial charge in [-0.15, -0.1) is 0 Å². The molecule has 0 spiro atoms. The first-order chi connectivity index (χ1) is 7.11. The molecule has 0 bridgehead atoms. The van der Waals surface area contributed by atoms with E-state index in [2.05, 4.69) is 0 Å². The van der Waals surface area contributed by atoms with E-state index in [1.54, 1.807) is 6.92 Å². The fraction of sp³-hybridized carbons (Fsp3) is 0.900. The van der Waals surface area contributed by atoms with Crippen molar-refractivity contribution in [3.05, 3.63) is 0 Å². The Morgan fingerprint density at radius 3 is 2.53 bits per heavy atom. The van der Waals surface area contributed by atoms with Crippen LogP contribution in [0.15, 0.2) is 0 Å². The van der Waals surface area contributed by atoms with Gasteiger partial charge in [-0.1, -0.05) is 0 Å². The van der Waals surface area contributed by atoms with Gasteiger partial charge in [0.1, 0.15) is 0 Å². The Hall–Kier alpha value is -0.650. The highest BCUT2D eigenvalue weighted by Crippen LogP contribution is 1.96. The molecule has 5 nitrogen and oxygen atoms in total. The van der Waals surface area contributed by atoms with Crippen molar-refractivity contribution < 1.29 is 19.4 Å². The van der Waals surface area contributed by atoms with E-state index in [4.69, 9.17) is 14.6 Å². The zero-order chi connectivity index (χ0) is 11.7. The van der Waals surface area contributed by atoms with Gasteiger partial charge in [0.2, 0.25) is 0 Å². The molecular formula is C10H21NO4. The number of hydrogen-bond donors (Lipinski definition) is 1. The van der Waals surface area contributed by atoms with Crippen molar-refractivity contribution in [2.75, 3.05) is 40.0 Å². The maximum absolute atomic E-state index is 10.8. The summed E-state index contributed by atoms with van der Waals surface area (Å²) in [6.07, 6.45) is -0.748. The molecule has 0 aliphatic heterocycles. The Morgan fingerprint density at radius 2 is 2.07 bits per heavy atom. The number of hydrogen-bond acceptors (Lipinski definition) is 4. The molecule has 0 saturated heterocycles. The summed E-state index contributed by atoms with van der Waals surface area (Å²) in [5.41, 5.74) is 0. The minimum absolute atomic E-state index is 0.385. The monoisotopic (exact) mass is 219 g/mol. The molecule has 0 radical (unpaired) electrons. The van der Waals surface area contributed by atoms with Crippen LogP contribution in [0.4, 0.5) is 0 Å². The third-order valence-electron chi connectivity index (χ3n) is 1.94. The van der Waals surface area contributed by atoms with Gasteiger partial charge in [-0.25, -0.2) is 4.79 Å². The van der Waals surface area contributed by atoms with Crippen LogP contribution in [0.2, 0.25) is 0 Å². The van der Waals surface area contributed by atoms with E-state index in [9.17, 15) is 4.79 Å². The maximum atomic E-state index is 10.8. The highest BCUT2D eigenvalue weighted by Gasteiger charge is 2.19. The highest BCUT2D eigenvalue weighted by molar-refractivity contribution is 5.72. The van der Waals surface area contributed by atoms with Crippen molar-refractivity contribution in [3.63, 3.8) is 0 Å². The Morgan fingerprint density at radius 1 is 1.40 bits per heavy atom. The van der Waals surface area contributed by atoms with Crippen LogP contribution in [0.25, 0.3) is 0 Å². The van der Waals surface area contributed by atoms with Crippen LogP contribution in [0, 0.1) is 0 Å². The summed E-state index contributed by atoms with van der Waals surface area (Å²) in [7, 11) is 1.86. The van der Waals surface area contributed by atoms with Crippen LogP contribution in [0.1, 0.15) is 13.8 Å². The molecule has 0 aromatic heterocycles. The normalized spacial score (nSPS) is 13.1. The summed E-state index contributed by atoms with van der Waals surface area (Å²) < 4.78 is 10.3. The van der Waals surface area contributed by atoms with Crippen LogP contribution in [-0.4, -0.2) is 62.0 Å². The van der Waals surface area contributed by atoms with E-state index in [1.807, 2.05) is 18.9 Å². The fourth-order valence-electron chi connectivity index (χ4n) is 1.14. The minimum Gasteiger partial charge on any atom is -0.479 e. The van der Waals surface area contributed by atoms with Gasteiger partial charge in [0, 0.05) is 26.3 Å². The zero-order valence-corrected chi connectivity index (χ0v) is 9.73. The number of rotatable bonds is 9. The average molecular weight is 219 g/mol. The average Bonchev–Trinajstić information content (AvgIpc) is 2.17.